The summed E-state index contributed by atoms with van der Waals surface area (Å²) in [7, 11) is 0. The minimum Gasteiger partial charge on any atom is -0.461 e. The molecule has 1 aromatic heterocycles. The van der Waals surface area contributed by atoms with E-state index in [0.717, 1.165) is 12.1 Å². The molecule has 5 nitrogen and oxygen atoms in total. The molecule has 0 spiro atoms. The van der Waals surface area contributed by atoms with E-state index in [1.807, 2.05) is 0 Å². The number of aryl methyl sites for hydroxylation is 1. The van der Waals surface area contributed by atoms with E-state index in [4.69, 9.17) is 4.74 Å². The summed E-state index contributed by atoms with van der Waals surface area (Å²) < 4.78 is 4.76. The van der Waals surface area contributed by atoms with Crippen molar-refractivity contribution in [3.63, 3.8) is 0 Å². The van der Waals surface area contributed by atoms with Crippen LogP contribution in [0.1, 0.15) is 42.6 Å². The van der Waals surface area contributed by atoms with Gasteiger partial charge in [0.25, 0.3) is 5.56 Å². The van der Waals surface area contributed by atoms with E-state index in [2.05, 4.69) is 23.8 Å². The third-order valence-corrected chi connectivity index (χ3v) is 2.28. The third kappa shape index (κ3) is 3.41. The molecule has 1 aromatic rings. The van der Waals surface area contributed by atoms with E-state index in [1.165, 1.54) is 0 Å². The fourth-order valence-electron chi connectivity index (χ4n) is 1.52. The number of aromatic nitrogens is 2. The summed E-state index contributed by atoms with van der Waals surface area (Å²) >= 11 is 0. The highest BCUT2D eigenvalue weighted by Gasteiger charge is 2.16. The van der Waals surface area contributed by atoms with Gasteiger partial charge >= 0.3 is 5.97 Å². The first-order valence-corrected chi connectivity index (χ1v) is 5.72. The van der Waals surface area contributed by atoms with Gasteiger partial charge in [-0.1, -0.05) is 13.8 Å². The number of nitrogens with zero attached hydrogens (tertiary/aromatic N) is 1. The molecule has 0 saturated carbocycles. The number of carbonyl (C=O) groups is 1. The Hall–Kier alpha value is -1.65. The van der Waals surface area contributed by atoms with E-state index in [9.17, 15) is 9.59 Å². The van der Waals surface area contributed by atoms with Crippen molar-refractivity contribution in [2.75, 3.05) is 6.61 Å². The fraction of sp³-hybridized carbons (Fsp3) is 0.583. The molecule has 0 atom stereocenters. The zero-order chi connectivity index (χ0) is 13.0. The normalized spacial score (nSPS) is 10.6. The van der Waals surface area contributed by atoms with E-state index in [-0.39, 0.29) is 12.3 Å². The SMILES string of the molecule is CCOC(=O)c1nc(C)c(CC(C)C)[nH]c1=O. The van der Waals surface area contributed by atoms with Crippen LogP contribution in [-0.4, -0.2) is 22.5 Å². The minimum atomic E-state index is -0.673. The zero-order valence-electron chi connectivity index (χ0n) is 10.7. The van der Waals surface area contributed by atoms with Crippen LogP contribution in [0, 0.1) is 12.8 Å². The zero-order valence-corrected chi connectivity index (χ0v) is 10.7. The maximum Gasteiger partial charge on any atom is 0.362 e. The molecule has 17 heavy (non-hydrogen) atoms. The molecule has 1 N–H and O–H groups in total. The highest BCUT2D eigenvalue weighted by Crippen LogP contribution is 2.07. The molecule has 0 aliphatic rings. The predicted molar refractivity (Wildman–Crippen MR) is 64.1 cm³/mol. The molecule has 0 aliphatic carbocycles. The lowest BCUT2D eigenvalue weighted by molar-refractivity contribution is 0.0516. The standard InChI is InChI=1S/C12H18N2O3/c1-5-17-12(16)10-11(15)14-9(6-7(2)3)8(4)13-10/h7H,5-6H2,1-4H3,(H,14,15). The van der Waals surface area contributed by atoms with E-state index < -0.39 is 11.5 Å². The van der Waals surface area contributed by atoms with E-state index >= 15 is 0 Å². The number of hydrogen-bond donors (Lipinski definition) is 1. The number of rotatable bonds is 4. The van der Waals surface area contributed by atoms with E-state index in [1.54, 1.807) is 13.8 Å². The molecule has 1 rings (SSSR count). The lowest BCUT2D eigenvalue weighted by Gasteiger charge is -2.08. The monoisotopic (exact) mass is 238 g/mol. The van der Waals surface area contributed by atoms with Gasteiger partial charge in [0.15, 0.2) is 0 Å². The second-order valence-corrected chi connectivity index (χ2v) is 4.30. The van der Waals surface area contributed by atoms with Gasteiger partial charge in [-0.3, -0.25) is 4.79 Å². The van der Waals surface area contributed by atoms with E-state index in [0.29, 0.717) is 11.6 Å². The smallest absolute Gasteiger partial charge is 0.362 e. The number of H-pyrrole nitrogens is 1. The Morgan fingerprint density at radius 1 is 1.47 bits per heavy atom. The molecule has 0 radical (unpaired) electrons. The summed E-state index contributed by atoms with van der Waals surface area (Å²) in [4.78, 5) is 29.8. The van der Waals surface area contributed by atoms with Gasteiger partial charge in [-0.15, -0.1) is 0 Å². The minimum absolute atomic E-state index is 0.170. The number of hydrogen-bond acceptors (Lipinski definition) is 4. The summed E-state index contributed by atoms with van der Waals surface area (Å²) in [5.74, 6) is -0.257. The Kier molecular flexibility index (Phi) is 4.43. The average Bonchev–Trinajstić information content (AvgIpc) is 2.22. The topological polar surface area (TPSA) is 72.0 Å². The molecule has 0 unspecified atom stereocenters. The molecular weight excluding hydrogens is 220 g/mol. The summed E-state index contributed by atoms with van der Waals surface area (Å²) in [6, 6.07) is 0. The van der Waals surface area contributed by atoms with Gasteiger partial charge in [-0.2, -0.15) is 0 Å². The second-order valence-electron chi connectivity index (χ2n) is 4.30. The Balaban J connectivity index is 3.09. The second kappa shape index (κ2) is 5.61. The van der Waals surface area contributed by atoms with Crippen molar-refractivity contribution in [1.29, 1.82) is 0 Å². The van der Waals surface area contributed by atoms with Crippen molar-refractivity contribution in [3.8, 4) is 0 Å². The molecule has 0 amide bonds. The third-order valence-electron chi connectivity index (χ3n) is 2.28. The van der Waals surface area contributed by atoms with Gasteiger partial charge in [-0.05, 0) is 26.2 Å². The predicted octanol–water partition coefficient (Wildman–Crippen LogP) is 1.45. The number of ether oxygens (including phenoxy) is 1. The van der Waals surface area contributed by atoms with Crippen molar-refractivity contribution in [2.45, 2.75) is 34.1 Å². The lowest BCUT2D eigenvalue weighted by atomic mass is 10.1. The molecule has 0 aromatic carbocycles. The Bertz CT molecular complexity index is 463. The van der Waals surface area contributed by atoms with Gasteiger partial charge in [0, 0.05) is 5.69 Å². The van der Waals surface area contributed by atoms with Crippen molar-refractivity contribution in [1.82, 2.24) is 9.97 Å². The summed E-state index contributed by atoms with van der Waals surface area (Å²) in [5.41, 5.74) is 0.793. The average molecular weight is 238 g/mol. The van der Waals surface area contributed by atoms with Gasteiger partial charge < -0.3 is 9.72 Å². The number of esters is 1. The quantitative estimate of drug-likeness (QED) is 0.806. The molecule has 1 heterocycles. The first-order valence-electron chi connectivity index (χ1n) is 5.72. The maximum absolute atomic E-state index is 11.7. The molecule has 5 heteroatoms. The molecular formula is C12H18N2O3. The summed E-state index contributed by atoms with van der Waals surface area (Å²) in [6.45, 7) is 7.79. The van der Waals surface area contributed by atoms with Gasteiger partial charge in [0.1, 0.15) is 0 Å². The van der Waals surface area contributed by atoms with Crippen LogP contribution in [0.15, 0.2) is 4.79 Å². The highest BCUT2D eigenvalue weighted by molar-refractivity contribution is 5.86. The van der Waals surface area contributed by atoms with Crippen LogP contribution < -0.4 is 5.56 Å². The largest absolute Gasteiger partial charge is 0.461 e. The Morgan fingerprint density at radius 3 is 2.65 bits per heavy atom. The van der Waals surface area contributed by atoms with Gasteiger partial charge in [-0.25, -0.2) is 9.78 Å². The number of carbonyl (C=O) groups excluding carboxylic acids is 1. The Labute approximate surface area is 100 Å². The van der Waals surface area contributed by atoms with Crippen LogP contribution >= 0.6 is 0 Å². The number of aromatic amines is 1. The molecule has 0 fully saturated rings. The first-order chi connectivity index (χ1) is 7.95. The summed E-state index contributed by atoms with van der Waals surface area (Å²) in [5, 5.41) is 0. The van der Waals surface area contributed by atoms with Crippen LogP contribution in [0.3, 0.4) is 0 Å². The van der Waals surface area contributed by atoms with Crippen molar-refractivity contribution < 1.29 is 9.53 Å². The van der Waals surface area contributed by atoms with Crippen LogP contribution in [0.25, 0.3) is 0 Å². The van der Waals surface area contributed by atoms with Crippen LogP contribution in [0.2, 0.25) is 0 Å². The fourth-order valence-corrected chi connectivity index (χ4v) is 1.52. The van der Waals surface area contributed by atoms with Crippen LogP contribution in [0.4, 0.5) is 0 Å². The maximum atomic E-state index is 11.7. The molecule has 0 aliphatic heterocycles. The Morgan fingerprint density at radius 2 is 2.12 bits per heavy atom. The van der Waals surface area contributed by atoms with Crippen molar-refractivity contribution >= 4 is 5.97 Å². The van der Waals surface area contributed by atoms with Crippen LogP contribution in [-0.2, 0) is 11.2 Å². The summed E-state index contributed by atoms with van der Waals surface area (Å²) in [6.07, 6.45) is 0.733. The van der Waals surface area contributed by atoms with Gasteiger partial charge in [0.05, 0.1) is 12.3 Å². The molecule has 0 saturated heterocycles. The molecule has 0 bridgehead atoms. The first kappa shape index (κ1) is 13.4. The van der Waals surface area contributed by atoms with Gasteiger partial charge in [0.2, 0.25) is 5.69 Å². The molecule has 94 valence electrons. The van der Waals surface area contributed by atoms with Crippen molar-refractivity contribution in [2.24, 2.45) is 5.92 Å². The van der Waals surface area contributed by atoms with Crippen molar-refractivity contribution in [3.05, 3.63) is 27.4 Å². The lowest BCUT2D eigenvalue weighted by Crippen LogP contribution is -2.25. The highest BCUT2D eigenvalue weighted by atomic mass is 16.5. The van der Waals surface area contributed by atoms with Crippen LogP contribution in [0.5, 0.6) is 0 Å². The number of nitrogens with one attached hydrogen (secondary N) is 1.